The molecule has 1 aromatic carbocycles. The van der Waals surface area contributed by atoms with E-state index < -0.39 is 0 Å². The van der Waals surface area contributed by atoms with E-state index in [1.54, 1.807) is 7.11 Å². The Labute approximate surface area is 115 Å². The lowest BCUT2D eigenvalue weighted by Gasteiger charge is -2.36. The maximum atomic E-state index is 5.98. The molecule has 0 bridgehead atoms. The largest absolute Gasteiger partial charge is 0.383 e. The SMILES string of the molecule is COCCN1C(N)=NCC1(C)CCc1ccccc1. The van der Waals surface area contributed by atoms with Crippen LogP contribution in [-0.4, -0.2) is 43.2 Å². The smallest absolute Gasteiger partial charge is 0.191 e. The van der Waals surface area contributed by atoms with Gasteiger partial charge in [-0.1, -0.05) is 30.3 Å². The third kappa shape index (κ3) is 3.26. The molecule has 19 heavy (non-hydrogen) atoms. The third-order valence-corrected chi connectivity index (χ3v) is 3.82. The third-order valence-electron chi connectivity index (χ3n) is 3.82. The Kier molecular flexibility index (Phi) is 4.43. The maximum absolute atomic E-state index is 5.98. The summed E-state index contributed by atoms with van der Waals surface area (Å²) in [7, 11) is 1.71. The minimum Gasteiger partial charge on any atom is -0.383 e. The molecule has 104 valence electrons. The molecule has 0 saturated heterocycles. The van der Waals surface area contributed by atoms with E-state index in [2.05, 4.69) is 41.1 Å². The first kappa shape index (κ1) is 13.9. The molecule has 1 aliphatic heterocycles. The van der Waals surface area contributed by atoms with Crippen LogP contribution in [0.25, 0.3) is 0 Å². The Hall–Kier alpha value is -1.55. The van der Waals surface area contributed by atoms with Crippen molar-refractivity contribution in [2.75, 3.05) is 26.8 Å². The molecule has 1 atom stereocenters. The maximum Gasteiger partial charge on any atom is 0.191 e. The number of nitrogens with zero attached hydrogens (tertiary/aromatic N) is 2. The second-order valence-corrected chi connectivity index (χ2v) is 5.30. The van der Waals surface area contributed by atoms with Gasteiger partial charge in [0, 0.05) is 13.7 Å². The van der Waals surface area contributed by atoms with Crippen molar-refractivity contribution < 1.29 is 4.74 Å². The molecule has 1 aromatic rings. The average Bonchev–Trinajstić information content (AvgIpc) is 2.72. The molecule has 1 heterocycles. The molecule has 4 heteroatoms. The van der Waals surface area contributed by atoms with E-state index in [0.29, 0.717) is 12.6 Å². The van der Waals surface area contributed by atoms with Crippen LogP contribution in [0.2, 0.25) is 0 Å². The van der Waals surface area contributed by atoms with Crippen LogP contribution in [0, 0.1) is 0 Å². The lowest BCUT2D eigenvalue weighted by atomic mass is 9.92. The number of aliphatic imine (C=N–C) groups is 1. The van der Waals surface area contributed by atoms with E-state index in [1.807, 2.05) is 6.07 Å². The van der Waals surface area contributed by atoms with Crippen molar-refractivity contribution in [2.45, 2.75) is 25.3 Å². The van der Waals surface area contributed by atoms with E-state index in [0.717, 1.165) is 25.9 Å². The Balaban J connectivity index is 1.97. The molecule has 1 aliphatic rings. The predicted octanol–water partition coefficient (Wildman–Crippen LogP) is 1.65. The summed E-state index contributed by atoms with van der Waals surface area (Å²) in [5, 5.41) is 0. The van der Waals surface area contributed by atoms with Gasteiger partial charge in [-0.05, 0) is 25.3 Å². The zero-order valence-corrected chi connectivity index (χ0v) is 11.8. The van der Waals surface area contributed by atoms with Gasteiger partial charge in [-0.3, -0.25) is 4.99 Å². The van der Waals surface area contributed by atoms with Gasteiger partial charge in [0.15, 0.2) is 5.96 Å². The van der Waals surface area contributed by atoms with Crippen LogP contribution in [-0.2, 0) is 11.2 Å². The van der Waals surface area contributed by atoms with E-state index in [-0.39, 0.29) is 5.54 Å². The highest BCUT2D eigenvalue weighted by atomic mass is 16.5. The summed E-state index contributed by atoms with van der Waals surface area (Å²) in [6.45, 7) is 4.48. The summed E-state index contributed by atoms with van der Waals surface area (Å²) in [6, 6.07) is 10.6. The Morgan fingerprint density at radius 1 is 1.37 bits per heavy atom. The molecule has 0 aliphatic carbocycles. The van der Waals surface area contributed by atoms with Gasteiger partial charge in [-0.2, -0.15) is 0 Å². The fourth-order valence-electron chi connectivity index (χ4n) is 2.54. The van der Waals surface area contributed by atoms with Gasteiger partial charge in [-0.25, -0.2) is 0 Å². The van der Waals surface area contributed by atoms with E-state index >= 15 is 0 Å². The summed E-state index contributed by atoms with van der Waals surface area (Å²) >= 11 is 0. The lowest BCUT2D eigenvalue weighted by molar-refractivity contribution is 0.132. The summed E-state index contributed by atoms with van der Waals surface area (Å²) in [5.41, 5.74) is 7.36. The van der Waals surface area contributed by atoms with Crippen LogP contribution < -0.4 is 5.73 Å². The number of nitrogens with two attached hydrogens (primary N) is 1. The molecule has 1 unspecified atom stereocenters. The molecular weight excluding hydrogens is 238 g/mol. The Morgan fingerprint density at radius 2 is 2.11 bits per heavy atom. The van der Waals surface area contributed by atoms with Gasteiger partial charge >= 0.3 is 0 Å². The van der Waals surface area contributed by atoms with Crippen molar-refractivity contribution in [3.63, 3.8) is 0 Å². The van der Waals surface area contributed by atoms with Crippen molar-refractivity contribution in [3.05, 3.63) is 35.9 Å². The molecule has 0 saturated carbocycles. The lowest BCUT2D eigenvalue weighted by Crippen LogP contribution is -2.51. The number of aryl methyl sites for hydroxylation is 1. The van der Waals surface area contributed by atoms with Crippen LogP contribution >= 0.6 is 0 Å². The van der Waals surface area contributed by atoms with Gasteiger partial charge in [0.1, 0.15) is 0 Å². The molecule has 0 fully saturated rings. The highest BCUT2D eigenvalue weighted by Crippen LogP contribution is 2.26. The van der Waals surface area contributed by atoms with E-state index in [4.69, 9.17) is 10.5 Å². The van der Waals surface area contributed by atoms with Crippen LogP contribution in [0.1, 0.15) is 18.9 Å². The van der Waals surface area contributed by atoms with Crippen molar-refractivity contribution in [1.29, 1.82) is 0 Å². The number of benzene rings is 1. The van der Waals surface area contributed by atoms with Crippen LogP contribution in [0.3, 0.4) is 0 Å². The van der Waals surface area contributed by atoms with E-state index in [1.165, 1.54) is 5.56 Å². The molecular formula is C15H23N3O. The summed E-state index contributed by atoms with van der Waals surface area (Å²) in [4.78, 5) is 6.58. The van der Waals surface area contributed by atoms with Crippen molar-refractivity contribution >= 4 is 5.96 Å². The summed E-state index contributed by atoms with van der Waals surface area (Å²) in [6.07, 6.45) is 2.09. The van der Waals surface area contributed by atoms with Gasteiger partial charge in [0.25, 0.3) is 0 Å². The fraction of sp³-hybridized carbons (Fsp3) is 0.533. The molecule has 0 radical (unpaired) electrons. The van der Waals surface area contributed by atoms with Gasteiger partial charge in [0.05, 0.1) is 18.7 Å². The van der Waals surface area contributed by atoms with Crippen LogP contribution in [0.15, 0.2) is 35.3 Å². The molecule has 0 spiro atoms. The highest BCUT2D eigenvalue weighted by Gasteiger charge is 2.37. The van der Waals surface area contributed by atoms with E-state index in [9.17, 15) is 0 Å². The topological polar surface area (TPSA) is 50.9 Å². The van der Waals surface area contributed by atoms with Crippen LogP contribution in [0.4, 0.5) is 0 Å². The first-order chi connectivity index (χ1) is 9.15. The zero-order valence-electron chi connectivity index (χ0n) is 11.8. The number of ether oxygens (including phenoxy) is 1. The molecule has 0 aromatic heterocycles. The summed E-state index contributed by atoms with van der Waals surface area (Å²) < 4.78 is 5.16. The second-order valence-electron chi connectivity index (χ2n) is 5.30. The first-order valence-corrected chi connectivity index (χ1v) is 6.76. The molecule has 2 N–H and O–H groups in total. The van der Waals surface area contributed by atoms with Crippen molar-refractivity contribution in [2.24, 2.45) is 10.7 Å². The number of guanidine groups is 1. The average molecular weight is 261 g/mol. The number of methoxy groups -OCH3 is 1. The minimum atomic E-state index is 0.0124. The quantitative estimate of drug-likeness (QED) is 0.847. The minimum absolute atomic E-state index is 0.0124. The number of hydrogen-bond donors (Lipinski definition) is 1. The van der Waals surface area contributed by atoms with Gasteiger partial charge in [0.2, 0.25) is 0 Å². The van der Waals surface area contributed by atoms with Gasteiger partial charge in [-0.15, -0.1) is 0 Å². The monoisotopic (exact) mass is 261 g/mol. The highest BCUT2D eigenvalue weighted by molar-refractivity contribution is 5.80. The number of rotatable bonds is 6. The number of hydrogen-bond acceptors (Lipinski definition) is 4. The normalized spacial score (nSPS) is 22.6. The first-order valence-electron chi connectivity index (χ1n) is 6.76. The summed E-state index contributed by atoms with van der Waals surface area (Å²) in [5.74, 6) is 0.646. The van der Waals surface area contributed by atoms with Gasteiger partial charge < -0.3 is 15.4 Å². The van der Waals surface area contributed by atoms with Crippen LogP contribution in [0.5, 0.6) is 0 Å². The molecule has 4 nitrogen and oxygen atoms in total. The van der Waals surface area contributed by atoms with Crippen molar-refractivity contribution in [1.82, 2.24) is 4.90 Å². The molecule has 0 amide bonds. The second kappa shape index (κ2) is 6.06. The Bertz CT molecular complexity index is 432. The zero-order chi connectivity index (χ0) is 13.7. The predicted molar refractivity (Wildman–Crippen MR) is 78.2 cm³/mol. The fourth-order valence-corrected chi connectivity index (χ4v) is 2.54. The standard InChI is InChI=1S/C15H23N3O/c1-15(9-8-13-6-4-3-5-7-13)12-17-14(16)18(15)10-11-19-2/h3-7H,8-12H2,1-2H3,(H2,16,17). The van der Waals surface area contributed by atoms with Crippen molar-refractivity contribution in [3.8, 4) is 0 Å². The Morgan fingerprint density at radius 3 is 2.79 bits per heavy atom. The molecule has 2 rings (SSSR count).